The highest BCUT2D eigenvalue weighted by Gasteiger charge is 2.13. The molecule has 0 radical (unpaired) electrons. The van der Waals surface area contributed by atoms with Crippen molar-refractivity contribution in [1.29, 1.82) is 0 Å². The van der Waals surface area contributed by atoms with Crippen LogP contribution in [0.2, 0.25) is 0 Å². The van der Waals surface area contributed by atoms with Crippen molar-refractivity contribution in [1.82, 2.24) is 5.32 Å². The van der Waals surface area contributed by atoms with Crippen LogP contribution in [0.4, 0.5) is 0 Å². The Morgan fingerprint density at radius 1 is 0.950 bits per heavy atom. The van der Waals surface area contributed by atoms with E-state index in [4.69, 9.17) is 0 Å². The van der Waals surface area contributed by atoms with Crippen LogP contribution in [0, 0.1) is 0 Å². The lowest BCUT2D eigenvalue weighted by Crippen LogP contribution is -2.31. The summed E-state index contributed by atoms with van der Waals surface area (Å²) in [5, 5.41) is 3.48. The molecule has 2 atom stereocenters. The van der Waals surface area contributed by atoms with Crippen molar-refractivity contribution in [3.05, 3.63) is 71.8 Å². The molecular formula is C18H21NO. The van der Waals surface area contributed by atoms with Gasteiger partial charge in [-0.1, -0.05) is 60.7 Å². The summed E-state index contributed by atoms with van der Waals surface area (Å²) in [4.78, 5) is 12.1. The number of nitrogens with one attached hydrogen (secondary N) is 1. The summed E-state index contributed by atoms with van der Waals surface area (Å²) in [7, 11) is 0. The van der Waals surface area contributed by atoms with Crippen LogP contribution >= 0.6 is 0 Å². The molecule has 0 bridgehead atoms. The maximum Gasteiger partial charge on any atom is 0.164 e. The average Bonchev–Trinajstić information content (AvgIpc) is 2.49. The summed E-state index contributed by atoms with van der Waals surface area (Å²) in [6.45, 7) is 4.18. The van der Waals surface area contributed by atoms with Gasteiger partial charge in [-0.2, -0.15) is 0 Å². The lowest BCUT2D eigenvalue weighted by Gasteiger charge is -2.20. The van der Waals surface area contributed by atoms with Crippen LogP contribution in [-0.2, 0) is 0 Å². The molecule has 0 heterocycles. The van der Waals surface area contributed by atoms with Crippen LogP contribution in [0.3, 0.4) is 0 Å². The first kappa shape index (κ1) is 14.5. The van der Waals surface area contributed by atoms with E-state index in [2.05, 4.69) is 31.3 Å². The third-order valence-electron chi connectivity index (χ3n) is 3.42. The summed E-state index contributed by atoms with van der Waals surface area (Å²) < 4.78 is 0. The summed E-state index contributed by atoms with van der Waals surface area (Å²) in [6, 6.07) is 20.1. The zero-order valence-electron chi connectivity index (χ0n) is 12.0. The van der Waals surface area contributed by atoms with Crippen LogP contribution in [-0.4, -0.2) is 11.8 Å². The Balaban J connectivity index is 1.90. The van der Waals surface area contributed by atoms with Gasteiger partial charge in [-0.3, -0.25) is 4.79 Å². The summed E-state index contributed by atoms with van der Waals surface area (Å²) in [6.07, 6.45) is 0.515. The van der Waals surface area contributed by atoms with Crippen molar-refractivity contribution in [2.45, 2.75) is 32.4 Å². The summed E-state index contributed by atoms with van der Waals surface area (Å²) in [5.41, 5.74) is 2.03. The van der Waals surface area contributed by atoms with E-state index in [1.54, 1.807) is 0 Å². The Bertz CT molecular complexity index is 536. The minimum Gasteiger partial charge on any atom is -0.307 e. The number of ketones is 1. The van der Waals surface area contributed by atoms with Crippen molar-refractivity contribution < 1.29 is 4.79 Å². The third-order valence-corrected chi connectivity index (χ3v) is 3.42. The lowest BCUT2D eigenvalue weighted by atomic mass is 10.0. The molecule has 0 aliphatic carbocycles. The van der Waals surface area contributed by atoms with Crippen molar-refractivity contribution in [3.63, 3.8) is 0 Å². The fourth-order valence-corrected chi connectivity index (χ4v) is 2.34. The molecule has 1 N–H and O–H groups in total. The minimum absolute atomic E-state index is 0.151. The summed E-state index contributed by atoms with van der Waals surface area (Å²) in [5.74, 6) is 0.186. The molecule has 0 spiro atoms. The predicted molar refractivity (Wildman–Crippen MR) is 82.8 cm³/mol. The molecule has 0 fully saturated rings. The molecule has 0 aromatic heterocycles. The van der Waals surface area contributed by atoms with Gasteiger partial charge in [0.2, 0.25) is 0 Å². The SMILES string of the molecule is CC(CC(=O)c1ccccc1)N[C@H](C)c1ccccc1. The summed E-state index contributed by atoms with van der Waals surface area (Å²) >= 11 is 0. The van der Waals surface area contributed by atoms with Gasteiger partial charge in [-0.05, 0) is 19.4 Å². The molecule has 20 heavy (non-hydrogen) atoms. The van der Waals surface area contributed by atoms with Gasteiger partial charge in [-0.25, -0.2) is 0 Å². The Labute approximate surface area is 120 Å². The van der Waals surface area contributed by atoms with Crippen LogP contribution in [0.5, 0.6) is 0 Å². The van der Waals surface area contributed by atoms with E-state index in [1.165, 1.54) is 5.56 Å². The van der Waals surface area contributed by atoms with Gasteiger partial charge in [-0.15, -0.1) is 0 Å². The van der Waals surface area contributed by atoms with Gasteiger partial charge in [0.15, 0.2) is 5.78 Å². The van der Waals surface area contributed by atoms with Gasteiger partial charge in [0.25, 0.3) is 0 Å². The Morgan fingerprint density at radius 3 is 2.10 bits per heavy atom. The molecule has 2 nitrogen and oxygen atoms in total. The van der Waals surface area contributed by atoms with Gasteiger partial charge >= 0.3 is 0 Å². The maximum absolute atomic E-state index is 12.1. The molecule has 0 amide bonds. The highest BCUT2D eigenvalue weighted by Crippen LogP contribution is 2.13. The zero-order valence-corrected chi connectivity index (χ0v) is 12.0. The Morgan fingerprint density at radius 2 is 1.50 bits per heavy atom. The van der Waals surface area contributed by atoms with Crippen LogP contribution in [0.25, 0.3) is 0 Å². The van der Waals surface area contributed by atoms with Gasteiger partial charge < -0.3 is 5.32 Å². The largest absolute Gasteiger partial charge is 0.307 e. The average molecular weight is 267 g/mol. The number of Topliss-reactive ketones (excluding diaryl/α,β-unsaturated/α-hetero) is 1. The molecule has 0 aliphatic heterocycles. The number of carbonyl (C=O) groups is 1. The molecule has 104 valence electrons. The van der Waals surface area contributed by atoms with Crippen molar-refractivity contribution >= 4 is 5.78 Å². The third kappa shape index (κ3) is 4.04. The zero-order chi connectivity index (χ0) is 14.4. The number of carbonyl (C=O) groups excluding carboxylic acids is 1. The highest BCUT2D eigenvalue weighted by atomic mass is 16.1. The van der Waals surface area contributed by atoms with Gasteiger partial charge in [0.1, 0.15) is 0 Å². The van der Waals surface area contributed by atoms with E-state index in [0.717, 1.165) is 5.56 Å². The number of hydrogen-bond acceptors (Lipinski definition) is 2. The second-order valence-electron chi connectivity index (χ2n) is 5.19. The lowest BCUT2D eigenvalue weighted by molar-refractivity contribution is 0.0970. The normalized spacial score (nSPS) is 13.7. The molecule has 2 aromatic rings. The fraction of sp³-hybridized carbons (Fsp3) is 0.278. The van der Waals surface area contributed by atoms with E-state index in [9.17, 15) is 4.79 Å². The molecule has 2 heteroatoms. The fourth-order valence-electron chi connectivity index (χ4n) is 2.34. The molecule has 2 rings (SSSR count). The monoisotopic (exact) mass is 267 g/mol. The first-order valence-corrected chi connectivity index (χ1v) is 7.06. The highest BCUT2D eigenvalue weighted by molar-refractivity contribution is 5.96. The maximum atomic E-state index is 12.1. The van der Waals surface area contributed by atoms with Crippen molar-refractivity contribution in [2.24, 2.45) is 0 Å². The van der Waals surface area contributed by atoms with Crippen LogP contribution < -0.4 is 5.32 Å². The van der Waals surface area contributed by atoms with Gasteiger partial charge in [0, 0.05) is 24.1 Å². The molecular weight excluding hydrogens is 246 g/mol. The second-order valence-corrected chi connectivity index (χ2v) is 5.19. The predicted octanol–water partition coefficient (Wildman–Crippen LogP) is 4.00. The van der Waals surface area contributed by atoms with Crippen LogP contribution in [0.15, 0.2) is 60.7 Å². The topological polar surface area (TPSA) is 29.1 Å². The molecule has 0 aliphatic rings. The van der Waals surface area contributed by atoms with E-state index in [0.29, 0.717) is 6.42 Å². The van der Waals surface area contributed by atoms with Crippen LogP contribution in [0.1, 0.15) is 42.2 Å². The molecule has 1 unspecified atom stereocenters. The number of rotatable bonds is 6. The quantitative estimate of drug-likeness (QED) is 0.802. The van der Waals surface area contributed by atoms with Gasteiger partial charge in [0.05, 0.1) is 0 Å². The number of hydrogen-bond donors (Lipinski definition) is 1. The first-order chi connectivity index (χ1) is 9.66. The second kappa shape index (κ2) is 7.01. The smallest absolute Gasteiger partial charge is 0.164 e. The Kier molecular flexibility index (Phi) is 5.08. The Hall–Kier alpha value is -1.93. The number of benzene rings is 2. The molecule has 2 aromatic carbocycles. The van der Waals surface area contributed by atoms with Crippen molar-refractivity contribution in [3.8, 4) is 0 Å². The molecule has 0 saturated carbocycles. The first-order valence-electron chi connectivity index (χ1n) is 7.06. The minimum atomic E-state index is 0.151. The van der Waals surface area contributed by atoms with E-state index in [-0.39, 0.29) is 17.9 Å². The standard InChI is InChI=1S/C18H21NO/c1-14(13-18(20)17-11-7-4-8-12-17)19-15(2)16-9-5-3-6-10-16/h3-12,14-15,19H,13H2,1-2H3/t14?,15-/m1/s1. The van der Waals surface area contributed by atoms with E-state index >= 15 is 0 Å². The van der Waals surface area contributed by atoms with E-state index < -0.39 is 0 Å². The van der Waals surface area contributed by atoms with Crippen molar-refractivity contribution in [2.75, 3.05) is 0 Å². The molecule has 0 saturated heterocycles. The van der Waals surface area contributed by atoms with E-state index in [1.807, 2.05) is 48.5 Å².